The minimum absolute atomic E-state index is 0.388. The highest BCUT2D eigenvalue weighted by Gasteiger charge is 2.08. The maximum absolute atomic E-state index is 9.98. The smallest absolute Gasteiger partial charge is 0.102 e. The third-order valence-electron chi connectivity index (χ3n) is 2.60. The summed E-state index contributed by atoms with van der Waals surface area (Å²) in [5, 5.41) is 9.98. The average Bonchev–Trinajstić information content (AvgIpc) is 2.28. The largest absolute Gasteiger partial charge is 0.386 e. The summed E-state index contributed by atoms with van der Waals surface area (Å²) in [5.41, 5.74) is 2.24. The van der Waals surface area contributed by atoms with Crippen molar-refractivity contribution in [2.75, 3.05) is 13.2 Å². The summed E-state index contributed by atoms with van der Waals surface area (Å²) in [6.07, 6.45) is 1.53. The quantitative estimate of drug-likeness (QED) is 0.736. The van der Waals surface area contributed by atoms with Gasteiger partial charge in [0.1, 0.15) is 6.10 Å². The summed E-state index contributed by atoms with van der Waals surface area (Å²) in [5.74, 6) is 0.638. The molecule has 0 aliphatic rings. The molecule has 0 bridgehead atoms. The molecule has 1 aromatic carbocycles. The Morgan fingerprint density at radius 3 is 2.71 bits per heavy atom. The van der Waals surface area contributed by atoms with E-state index in [0.717, 1.165) is 18.4 Å². The summed E-state index contributed by atoms with van der Waals surface area (Å²) in [4.78, 5) is 0. The van der Waals surface area contributed by atoms with Crippen LogP contribution in [0.5, 0.6) is 0 Å². The molecule has 0 fully saturated rings. The van der Waals surface area contributed by atoms with Gasteiger partial charge in [0.15, 0.2) is 0 Å². The van der Waals surface area contributed by atoms with E-state index in [0.29, 0.717) is 19.1 Å². The maximum atomic E-state index is 9.98. The molecule has 96 valence electrons. The summed E-state index contributed by atoms with van der Waals surface area (Å²) >= 11 is 0. The molecule has 2 heteroatoms. The molecule has 1 atom stereocenters. The van der Waals surface area contributed by atoms with Gasteiger partial charge in [-0.1, -0.05) is 45.0 Å². The molecule has 2 nitrogen and oxygen atoms in total. The first-order valence-electron chi connectivity index (χ1n) is 6.48. The van der Waals surface area contributed by atoms with Gasteiger partial charge < -0.3 is 9.84 Å². The summed E-state index contributed by atoms with van der Waals surface area (Å²) in [7, 11) is 0. The predicted molar refractivity (Wildman–Crippen MR) is 71.1 cm³/mol. The van der Waals surface area contributed by atoms with Crippen molar-refractivity contribution in [3.8, 4) is 0 Å². The third kappa shape index (κ3) is 5.33. The standard InChI is InChI=1S/C15H24O2/c1-4-8-17-11-15(16)14-7-5-6-13(10-14)9-12(2)3/h5-7,10,12,15-16H,4,8-9,11H2,1-3H3. The van der Waals surface area contributed by atoms with Crippen LogP contribution in [0.15, 0.2) is 24.3 Å². The first-order valence-corrected chi connectivity index (χ1v) is 6.48. The minimum atomic E-state index is -0.506. The summed E-state index contributed by atoms with van der Waals surface area (Å²) in [6, 6.07) is 8.17. The molecule has 1 N–H and O–H groups in total. The van der Waals surface area contributed by atoms with Crippen LogP contribution in [0.25, 0.3) is 0 Å². The molecule has 0 amide bonds. The van der Waals surface area contributed by atoms with E-state index in [2.05, 4.69) is 32.9 Å². The van der Waals surface area contributed by atoms with Crippen LogP contribution < -0.4 is 0 Å². The SMILES string of the molecule is CCCOCC(O)c1cccc(CC(C)C)c1. The molecule has 0 radical (unpaired) electrons. The molecule has 0 saturated heterocycles. The van der Waals surface area contributed by atoms with Gasteiger partial charge in [0, 0.05) is 6.61 Å². The fourth-order valence-electron chi connectivity index (χ4n) is 1.83. The van der Waals surface area contributed by atoms with Gasteiger partial charge in [-0.25, -0.2) is 0 Å². The first-order chi connectivity index (χ1) is 8.13. The van der Waals surface area contributed by atoms with Crippen molar-refractivity contribution in [3.05, 3.63) is 35.4 Å². The van der Waals surface area contributed by atoms with Gasteiger partial charge in [0.05, 0.1) is 6.61 Å². The predicted octanol–water partition coefficient (Wildman–Crippen LogP) is 3.35. The minimum Gasteiger partial charge on any atom is -0.386 e. The van der Waals surface area contributed by atoms with Crippen LogP contribution in [-0.4, -0.2) is 18.3 Å². The van der Waals surface area contributed by atoms with Crippen molar-refractivity contribution in [1.82, 2.24) is 0 Å². The number of hydrogen-bond acceptors (Lipinski definition) is 2. The molecule has 1 aromatic rings. The zero-order valence-corrected chi connectivity index (χ0v) is 11.1. The van der Waals surface area contributed by atoms with Crippen molar-refractivity contribution in [2.24, 2.45) is 5.92 Å². The second-order valence-corrected chi connectivity index (χ2v) is 4.93. The molecule has 0 aromatic heterocycles. The van der Waals surface area contributed by atoms with E-state index >= 15 is 0 Å². The van der Waals surface area contributed by atoms with Gasteiger partial charge in [-0.15, -0.1) is 0 Å². The van der Waals surface area contributed by atoms with E-state index in [-0.39, 0.29) is 0 Å². The van der Waals surface area contributed by atoms with E-state index in [1.165, 1.54) is 5.56 Å². The van der Waals surface area contributed by atoms with Crippen LogP contribution in [0.2, 0.25) is 0 Å². The molecule has 0 saturated carbocycles. The Balaban J connectivity index is 2.57. The van der Waals surface area contributed by atoms with Crippen LogP contribution in [0.1, 0.15) is 44.4 Å². The van der Waals surface area contributed by atoms with Gasteiger partial charge in [-0.3, -0.25) is 0 Å². The molecule has 0 heterocycles. The summed E-state index contributed by atoms with van der Waals surface area (Å²) < 4.78 is 5.37. The van der Waals surface area contributed by atoms with E-state index < -0.39 is 6.10 Å². The normalized spacial score (nSPS) is 13.0. The number of aliphatic hydroxyl groups is 1. The van der Waals surface area contributed by atoms with E-state index in [4.69, 9.17) is 4.74 Å². The zero-order chi connectivity index (χ0) is 12.7. The van der Waals surface area contributed by atoms with E-state index in [1.807, 2.05) is 12.1 Å². The van der Waals surface area contributed by atoms with Crippen molar-refractivity contribution in [1.29, 1.82) is 0 Å². The lowest BCUT2D eigenvalue weighted by Gasteiger charge is -2.13. The Morgan fingerprint density at radius 1 is 1.29 bits per heavy atom. The van der Waals surface area contributed by atoms with Crippen LogP contribution >= 0.6 is 0 Å². The lowest BCUT2D eigenvalue weighted by molar-refractivity contribution is 0.0363. The zero-order valence-electron chi connectivity index (χ0n) is 11.1. The molecular weight excluding hydrogens is 212 g/mol. The number of benzene rings is 1. The number of aliphatic hydroxyl groups excluding tert-OH is 1. The number of rotatable bonds is 7. The molecule has 0 spiro atoms. The van der Waals surface area contributed by atoms with Crippen molar-refractivity contribution in [3.63, 3.8) is 0 Å². The van der Waals surface area contributed by atoms with Crippen LogP contribution in [0.4, 0.5) is 0 Å². The topological polar surface area (TPSA) is 29.5 Å². The highest BCUT2D eigenvalue weighted by molar-refractivity contribution is 5.25. The van der Waals surface area contributed by atoms with Crippen molar-refractivity contribution in [2.45, 2.75) is 39.7 Å². The van der Waals surface area contributed by atoms with E-state index in [9.17, 15) is 5.11 Å². The molecule has 1 unspecified atom stereocenters. The fraction of sp³-hybridized carbons (Fsp3) is 0.600. The second-order valence-electron chi connectivity index (χ2n) is 4.93. The Kier molecular flexibility index (Phi) is 6.23. The van der Waals surface area contributed by atoms with Crippen LogP contribution in [0.3, 0.4) is 0 Å². The second kappa shape index (κ2) is 7.46. The van der Waals surface area contributed by atoms with Gasteiger partial charge in [0.25, 0.3) is 0 Å². The Hall–Kier alpha value is -0.860. The summed E-state index contributed by atoms with van der Waals surface area (Å²) in [6.45, 7) is 7.57. The van der Waals surface area contributed by atoms with Gasteiger partial charge >= 0.3 is 0 Å². The fourth-order valence-corrected chi connectivity index (χ4v) is 1.83. The highest BCUT2D eigenvalue weighted by atomic mass is 16.5. The van der Waals surface area contributed by atoms with Crippen molar-refractivity contribution < 1.29 is 9.84 Å². The Bertz CT molecular complexity index is 320. The third-order valence-corrected chi connectivity index (χ3v) is 2.60. The number of hydrogen-bond donors (Lipinski definition) is 1. The molecule has 0 aliphatic heterocycles. The van der Waals surface area contributed by atoms with Crippen molar-refractivity contribution >= 4 is 0 Å². The molecule has 17 heavy (non-hydrogen) atoms. The molecule has 0 aliphatic carbocycles. The van der Waals surface area contributed by atoms with Crippen LogP contribution in [-0.2, 0) is 11.2 Å². The Labute approximate surface area is 105 Å². The highest BCUT2D eigenvalue weighted by Crippen LogP contribution is 2.17. The monoisotopic (exact) mass is 236 g/mol. The van der Waals surface area contributed by atoms with E-state index in [1.54, 1.807) is 0 Å². The average molecular weight is 236 g/mol. The lowest BCUT2D eigenvalue weighted by atomic mass is 9.99. The maximum Gasteiger partial charge on any atom is 0.102 e. The van der Waals surface area contributed by atoms with Gasteiger partial charge in [-0.05, 0) is 29.9 Å². The number of ether oxygens (including phenoxy) is 1. The molecular formula is C15H24O2. The van der Waals surface area contributed by atoms with Gasteiger partial charge in [-0.2, -0.15) is 0 Å². The van der Waals surface area contributed by atoms with Crippen LogP contribution in [0, 0.1) is 5.92 Å². The lowest BCUT2D eigenvalue weighted by Crippen LogP contribution is -2.08. The molecule has 1 rings (SSSR count). The Morgan fingerprint density at radius 2 is 2.06 bits per heavy atom. The first kappa shape index (κ1) is 14.2. The van der Waals surface area contributed by atoms with Gasteiger partial charge in [0.2, 0.25) is 0 Å².